The number of aromatic nitrogens is 3. The van der Waals surface area contributed by atoms with Gasteiger partial charge in [0, 0.05) is 37.1 Å². The molecule has 0 spiro atoms. The number of anilines is 2. The van der Waals surface area contributed by atoms with Gasteiger partial charge in [0.15, 0.2) is 0 Å². The SMILES string of the molecule is COc1cccc(C2(C(=O)Nc3cccc4ncccc34)CCN(c3ncccn3)CC2)c1.Cl. The van der Waals surface area contributed by atoms with Crippen LogP contribution in [-0.2, 0) is 10.2 Å². The number of ether oxygens (including phenoxy) is 1. The van der Waals surface area contributed by atoms with Crippen molar-refractivity contribution in [1.29, 1.82) is 0 Å². The third-order valence-corrected chi connectivity index (χ3v) is 6.40. The number of carbonyl (C=O) groups excluding carboxylic acids is 1. The second-order valence-corrected chi connectivity index (χ2v) is 8.18. The molecular formula is C26H26ClN5O2. The molecule has 1 aliphatic heterocycles. The summed E-state index contributed by atoms with van der Waals surface area (Å²) in [5.74, 6) is 1.40. The summed E-state index contributed by atoms with van der Waals surface area (Å²) >= 11 is 0. The first kappa shape index (κ1) is 23.4. The van der Waals surface area contributed by atoms with Crippen LogP contribution in [0.15, 0.2) is 79.3 Å². The van der Waals surface area contributed by atoms with Crippen molar-refractivity contribution in [1.82, 2.24) is 15.0 Å². The zero-order valence-corrected chi connectivity index (χ0v) is 19.7. The van der Waals surface area contributed by atoms with E-state index >= 15 is 0 Å². The summed E-state index contributed by atoms with van der Waals surface area (Å²) < 4.78 is 5.47. The zero-order chi connectivity index (χ0) is 22.7. The molecule has 0 atom stereocenters. The maximum absolute atomic E-state index is 14.0. The first-order chi connectivity index (χ1) is 16.2. The highest BCUT2D eigenvalue weighted by atomic mass is 35.5. The van der Waals surface area contributed by atoms with E-state index in [9.17, 15) is 4.79 Å². The largest absolute Gasteiger partial charge is 0.497 e. The predicted octanol–water partition coefficient (Wildman–Crippen LogP) is 4.63. The van der Waals surface area contributed by atoms with Crippen LogP contribution in [0.5, 0.6) is 5.75 Å². The van der Waals surface area contributed by atoms with Crippen molar-refractivity contribution in [2.75, 3.05) is 30.4 Å². The molecule has 3 heterocycles. The Morgan fingerprint density at radius 2 is 1.68 bits per heavy atom. The molecule has 34 heavy (non-hydrogen) atoms. The van der Waals surface area contributed by atoms with Crippen molar-refractivity contribution in [2.45, 2.75) is 18.3 Å². The average Bonchev–Trinajstić information content (AvgIpc) is 2.89. The molecule has 1 N–H and O–H groups in total. The normalized spacial score (nSPS) is 14.8. The van der Waals surface area contributed by atoms with Crippen LogP contribution < -0.4 is 15.0 Å². The van der Waals surface area contributed by atoms with E-state index in [1.807, 2.05) is 54.6 Å². The molecule has 7 nitrogen and oxygen atoms in total. The molecule has 174 valence electrons. The zero-order valence-electron chi connectivity index (χ0n) is 18.8. The highest BCUT2D eigenvalue weighted by Crippen LogP contribution is 2.39. The number of rotatable bonds is 5. The van der Waals surface area contributed by atoms with Gasteiger partial charge in [-0.05, 0) is 60.9 Å². The molecule has 8 heteroatoms. The van der Waals surface area contributed by atoms with E-state index in [-0.39, 0.29) is 18.3 Å². The van der Waals surface area contributed by atoms with E-state index < -0.39 is 5.41 Å². The number of nitrogens with one attached hydrogen (secondary N) is 1. The minimum atomic E-state index is -0.704. The summed E-state index contributed by atoms with van der Waals surface area (Å²) in [5.41, 5.74) is 1.86. The van der Waals surface area contributed by atoms with Crippen molar-refractivity contribution in [3.05, 3.63) is 84.8 Å². The Labute approximate surface area is 204 Å². The van der Waals surface area contributed by atoms with Crippen LogP contribution in [-0.4, -0.2) is 41.1 Å². The highest BCUT2D eigenvalue weighted by Gasteiger charge is 2.43. The lowest BCUT2D eigenvalue weighted by molar-refractivity contribution is -0.122. The standard InChI is InChI=1S/C26H25N5O2.ClH/c1-33-20-7-2-6-19(18-20)26(11-16-31(17-12-26)25-28-14-5-15-29-25)24(32)30-23-10-3-9-22-21(23)8-4-13-27-22;/h2-10,13-15,18H,11-12,16-17H2,1H3,(H,30,32);1H. The lowest BCUT2D eigenvalue weighted by Gasteiger charge is -2.41. The van der Waals surface area contributed by atoms with Crippen LogP contribution in [0.2, 0.25) is 0 Å². The van der Waals surface area contributed by atoms with Crippen LogP contribution in [0.4, 0.5) is 11.6 Å². The van der Waals surface area contributed by atoms with Gasteiger partial charge in [-0.15, -0.1) is 12.4 Å². The molecule has 5 rings (SSSR count). The summed E-state index contributed by atoms with van der Waals surface area (Å²) in [5, 5.41) is 4.14. The Morgan fingerprint density at radius 1 is 0.941 bits per heavy atom. The summed E-state index contributed by atoms with van der Waals surface area (Å²) in [6.45, 7) is 1.34. The molecule has 2 aromatic heterocycles. The van der Waals surface area contributed by atoms with Crippen molar-refractivity contribution in [2.24, 2.45) is 0 Å². The predicted molar refractivity (Wildman–Crippen MR) is 136 cm³/mol. The summed E-state index contributed by atoms with van der Waals surface area (Å²) in [7, 11) is 1.64. The van der Waals surface area contributed by atoms with Crippen molar-refractivity contribution < 1.29 is 9.53 Å². The first-order valence-electron chi connectivity index (χ1n) is 11.0. The molecule has 0 unspecified atom stereocenters. The number of piperidine rings is 1. The Bertz CT molecular complexity index is 1270. The van der Waals surface area contributed by atoms with Gasteiger partial charge in [-0.2, -0.15) is 0 Å². The number of carbonyl (C=O) groups is 1. The number of halogens is 1. The van der Waals surface area contributed by atoms with E-state index in [1.165, 1.54) is 0 Å². The fourth-order valence-electron chi connectivity index (χ4n) is 4.56. The summed E-state index contributed by atoms with van der Waals surface area (Å²) in [6.07, 6.45) is 6.51. The van der Waals surface area contributed by atoms with Crippen LogP contribution in [0, 0.1) is 0 Å². The van der Waals surface area contributed by atoms with Gasteiger partial charge in [-0.25, -0.2) is 9.97 Å². The van der Waals surface area contributed by atoms with E-state index in [2.05, 4.69) is 25.2 Å². The second-order valence-electron chi connectivity index (χ2n) is 8.18. The molecule has 2 aromatic carbocycles. The summed E-state index contributed by atoms with van der Waals surface area (Å²) in [4.78, 5) is 29.3. The van der Waals surface area contributed by atoms with Gasteiger partial charge < -0.3 is 15.0 Å². The van der Waals surface area contributed by atoms with E-state index in [0.29, 0.717) is 31.9 Å². The van der Waals surface area contributed by atoms with Crippen LogP contribution in [0.3, 0.4) is 0 Å². The number of pyridine rings is 1. The quantitative estimate of drug-likeness (QED) is 0.453. The number of hydrogen-bond acceptors (Lipinski definition) is 6. The minimum Gasteiger partial charge on any atom is -0.497 e. The molecule has 1 saturated heterocycles. The summed E-state index contributed by atoms with van der Waals surface area (Å²) in [6, 6.07) is 19.3. The molecule has 0 radical (unpaired) electrons. The monoisotopic (exact) mass is 475 g/mol. The van der Waals surface area contributed by atoms with Gasteiger partial charge in [0.2, 0.25) is 11.9 Å². The van der Waals surface area contributed by atoms with Gasteiger partial charge in [0.1, 0.15) is 5.75 Å². The lowest BCUT2D eigenvalue weighted by Crippen LogP contribution is -2.50. The number of hydrogen-bond donors (Lipinski definition) is 1. The number of benzene rings is 2. The van der Waals surface area contributed by atoms with Gasteiger partial charge in [-0.1, -0.05) is 18.2 Å². The molecule has 0 saturated carbocycles. The number of fused-ring (bicyclic) bond motifs is 1. The van der Waals surface area contributed by atoms with Gasteiger partial charge in [-0.3, -0.25) is 9.78 Å². The first-order valence-corrected chi connectivity index (χ1v) is 11.0. The minimum absolute atomic E-state index is 0. The number of nitrogens with zero attached hydrogens (tertiary/aromatic N) is 4. The van der Waals surface area contributed by atoms with Crippen LogP contribution >= 0.6 is 12.4 Å². The third-order valence-electron chi connectivity index (χ3n) is 6.40. The fourth-order valence-corrected chi connectivity index (χ4v) is 4.56. The van der Waals surface area contributed by atoms with Crippen molar-refractivity contribution in [3.8, 4) is 5.75 Å². The van der Waals surface area contributed by atoms with E-state index in [0.717, 1.165) is 27.9 Å². The number of amides is 1. The molecule has 0 bridgehead atoms. The third kappa shape index (κ3) is 4.39. The van der Waals surface area contributed by atoms with Crippen molar-refractivity contribution >= 4 is 40.9 Å². The van der Waals surface area contributed by atoms with Crippen molar-refractivity contribution in [3.63, 3.8) is 0 Å². The van der Waals surface area contributed by atoms with Gasteiger partial charge in [0.25, 0.3) is 0 Å². The Hall–Kier alpha value is -3.71. The molecular weight excluding hydrogens is 450 g/mol. The molecule has 4 aromatic rings. The average molecular weight is 476 g/mol. The highest BCUT2D eigenvalue weighted by molar-refractivity contribution is 6.05. The molecule has 1 fully saturated rings. The maximum atomic E-state index is 14.0. The Morgan fingerprint density at radius 3 is 2.44 bits per heavy atom. The Kier molecular flexibility index (Phi) is 6.93. The second kappa shape index (κ2) is 10.1. The van der Waals surface area contributed by atoms with Gasteiger partial charge >= 0.3 is 0 Å². The Balaban J connectivity index is 0.00000274. The van der Waals surface area contributed by atoms with E-state index in [4.69, 9.17) is 4.74 Å². The lowest BCUT2D eigenvalue weighted by atomic mass is 9.71. The molecule has 0 aliphatic carbocycles. The topological polar surface area (TPSA) is 80.2 Å². The molecule has 1 amide bonds. The van der Waals surface area contributed by atoms with Crippen LogP contribution in [0.1, 0.15) is 18.4 Å². The maximum Gasteiger partial charge on any atom is 0.235 e. The fraction of sp³-hybridized carbons (Fsp3) is 0.231. The van der Waals surface area contributed by atoms with E-state index in [1.54, 1.807) is 31.8 Å². The van der Waals surface area contributed by atoms with Gasteiger partial charge in [0.05, 0.1) is 23.7 Å². The van der Waals surface area contributed by atoms with Crippen LogP contribution in [0.25, 0.3) is 10.9 Å². The number of methoxy groups -OCH3 is 1. The molecule has 1 aliphatic rings. The smallest absolute Gasteiger partial charge is 0.235 e.